The molecule has 1 saturated carbocycles. The van der Waals surface area contributed by atoms with Crippen molar-refractivity contribution in [1.82, 2.24) is 15.0 Å². The first-order chi connectivity index (χ1) is 8.36. The summed E-state index contributed by atoms with van der Waals surface area (Å²) in [7, 11) is 0. The van der Waals surface area contributed by atoms with Crippen LogP contribution in [0.3, 0.4) is 0 Å². The summed E-state index contributed by atoms with van der Waals surface area (Å²) in [6.45, 7) is 0. The summed E-state index contributed by atoms with van der Waals surface area (Å²) in [5, 5.41) is 12.0. The molecule has 1 aliphatic carbocycles. The zero-order chi connectivity index (χ0) is 11.7. The Morgan fingerprint density at radius 2 is 2.18 bits per heavy atom. The molecule has 0 aliphatic heterocycles. The summed E-state index contributed by atoms with van der Waals surface area (Å²) in [6, 6.07) is 6.37. The number of anilines is 1. The van der Waals surface area contributed by atoms with Crippen LogP contribution >= 0.6 is 0 Å². The first-order valence-corrected chi connectivity index (χ1v) is 5.58. The molecule has 5 heteroatoms. The molecule has 5 nitrogen and oxygen atoms in total. The summed E-state index contributed by atoms with van der Waals surface area (Å²) < 4.78 is 0. The number of nitrogens with zero attached hydrogens (tertiary/aromatic N) is 4. The molecule has 2 aromatic rings. The molecule has 3 rings (SSSR count). The van der Waals surface area contributed by atoms with Crippen LogP contribution in [0.5, 0.6) is 0 Å². The highest BCUT2D eigenvalue weighted by Gasteiger charge is 2.29. The third kappa shape index (κ3) is 1.78. The van der Waals surface area contributed by atoms with Gasteiger partial charge in [-0.3, -0.25) is 4.98 Å². The first kappa shape index (κ1) is 9.97. The molecule has 1 N–H and O–H groups in total. The van der Waals surface area contributed by atoms with E-state index < -0.39 is 0 Å². The SMILES string of the molecule is N#CC1CC(Nc2ncnc3cccnc23)C1. The molecule has 0 radical (unpaired) electrons. The van der Waals surface area contributed by atoms with E-state index in [0.29, 0.717) is 6.04 Å². The molecule has 1 fully saturated rings. The molecule has 0 amide bonds. The van der Waals surface area contributed by atoms with Gasteiger partial charge in [-0.2, -0.15) is 5.26 Å². The fourth-order valence-electron chi connectivity index (χ4n) is 2.03. The van der Waals surface area contributed by atoms with E-state index in [1.807, 2.05) is 12.1 Å². The molecular formula is C12H11N5. The van der Waals surface area contributed by atoms with Crippen LogP contribution in [0.2, 0.25) is 0 Å². The van der Waals surface area contributed by atoms with Crippen molar-refractivity contribution in [2.75, 3.05) is 5.32 Å². The van der Waals surface area contributed by atoms with Gasteiger partial charge in [0.25, 0.3) is 0 Å². The van der Waals surface area contributed by atoms with Gasteiger partial charge >= 0.3 is 0 Å². The summed E-state index contributed by atoms with van der Waals surface area (Å²) >= 11 is 0. The van der Waals surface area contributed by atoms with Crippen molar-refractivity contribution in [2.24, 2.45) is 5.92 Å². The zero-order valence-corrected chi connectivity index (χ0v) is 9.17. The maximum absolute atomic E-state index is 8.73. The molecule has 0 aromatic carbocycles. The number of pyridine rings is 1. The van der Waals surface area contributed by atoms with E-state index >= 15 is 0 Å². The molecule has 2 heterocycles. The van der Waals surface area contributed by atoms with Crippen LogP contribution in [-0.2, 0) is 0 Å². The van der Waals surface area contributed by atoms with Crippen LogP contribution in [0.4, 0.5) is 5.82 Å². The van der Waals surface area contributed by atoms with Gasteiger partial charge in [-0.05, 0) is 25.0 Å². The second kappa shape index (κ2) is 3.98. The zero-order valence-electron chi connectivity index (χ0n) is 9.17. The van der Waals surface area contributed by atoms with Crippen molar-refractivity contribution in [3.63, 3.8) is 0 Å². The Labute approximate surface area is 98.5 Å². The smallest absolute Gasteiger partial charge is 0.156 e. The minimum Gasteiger partial charge on any atom is -0.365 e. The number of fused-ring (bicyclic) bond motifs is 1. The lowest BCUT2D eigenvalue weighted by Crippen LogP contribution is -2.35. The van der Waals surface area contributed by atoms with Crippen LogP contribution in [0, 0.1) is 17.2 Å². The Hall–Kier alpha value is -2.22. The molecule has 17 heavy (non-hydrogen) atoms. The highest BCUT2D eigenvalue weighted by Crippen LogP contribution is 2.30. The van der Waals surface area contributed by atoms with E-state index in [0.717, 1.165) is 29.7 Å². The second-order valence-corrected chi connectivity index (χ2v) is 4.23. The summed E-state index contributed by atoms with van der Waals surface area (Å²) in [6.07, 6.45) is 5.03. The van der Waals surface area contributed by atoms with Crippen molar-refractivity contribution in [3.05, 3.63) is 24.7 Å². The molecule has 0 spiro atoms. The van der Waals surface area contributed by atoms with Crippen LogP contribution in [0.1, 0.15) is 12.8 Å². The Kier molecular flexibility index (Phi) is 2.33. The van der Waals surface area contributed by atoms with E-state index in [-0.39, 0.29) is 5.92 Å². The molecule has 0 bridgehead atoms. The van der Waals surface area contributed by atoms with Gasteiger partial charge in [0.05, 0.1) is 17.5 Å². The molecule has 2 aromatic heterocycles. The van der Waals surface area contributed by atoms with E-state index in [4.69, 9.17) is 5.26 Å². The number of rotatable bonds is 2. The van der Waals surface area contributed by atoms with E-state index in [1.165, 1.54) is 6.33 Å². The lowest BCUT2D eigenvalue weighted by Gasteiger charge is -2.31. The van der Waals surface area contributed by atoms with Gasteiger partial charge in [0.1, 0.15) is 11.8 Å². The monoisotopic (exact) mass is 225 g/mol. The minimum absolute atomic E-state index is 0.188. The number of nitriles is 1. The van der Waals surface area contributed by atoms with Crippen molar-refractivity contribution in [2.45, 2.75) is 18.9 Å². The predicted molar refractivity (Wildman–Crippen MR) is 63.1 cm³/mol. The maximum atomic E-state index is 8.73. The van der Waals surface area contributed by atoms with Crippen molar-refractivity contribution in [1.29, 1.82) is 5.26 Å². The van der Waals surface area contributed by atoms with Crippen LogP contribution in [0.25, 0.3) is 11.0 Å². The fraction of sp³-hybridized carbons (Fsp3) is 0.333. The van der Waals surface area contributed by atoms with Crippen molar-refractivity contribution < 1.29 is 0 Å². The van der Waals surface area contributed by atoms with E-state index in [1.54, 1.807) is 6.20 Å². The molecular weight excluding hydrogens is 214 g/mol. The maximum Gasteiger partial charge on any atom is 0.156 e. The van der Waals surface area contributed by atoms with Gasteiger partial charge < -0.3 is 5.32 Å². The Morgan fingerprint density at radius 3 is 3.00 bits per heavy atom. The summed E-state index contributed by atoms with van der Waals surface area (Å²) in [5.41, 5.74) is 1.62. The van der Waals surface area contributed by atoms with E-state index in [2.05, 4.69) is 26.3 Å². The molecule has 1 aliphatic rings. The van der Waals surface area contributed by atoms with Crippen LogP contribution in [0.15, 0.2) is 24.7 Å². The number of hydrogen-bond acceptors (Lipinski definition) is 5. The highest BCUT2D eigenvalue weighted by molar-refractivity contribution is 5.84. The van der Waals surface area contributed by atoms with Gasteiger partial charge in [-0.1, -0.05) is 0 Å². The molecule has 0 unspecified atom stereocenters. The number of nitrogens with one attached hydrogen (secondary N) is 1. The standard InChI is InChI=1S/C12H11N5/c13-6-8-4-9(5-8)17-12-11-10(15-7-16-12)2-1-3-14-11/h1-3,7-9H,4-5H2,(H,15,16,17). The van der Waals surface area contributed by atoms with Gasteiger partial charge in [0.2, 0.25) is 0 Å². The van der Waals surface area contributed by atoms with Crippen LogP contribution < -0.4 is 5.32 Å². The molecule has 84 valence electrons. The normalized spacial score (nSPS) is 22.8. The summed E-state index contributed by atoms with van der Waals surface area (Å²) in [4.78, 5) is 12.6. The average molecular weight is 225 g/mol. The third-order valence-electron chi connectivity index (χ3n) is 3.06. The first-order valence-electron chi connectivity index (χ1n) is 5.58. The average Bonchev–Trinajstić information content (AvgIpc) is 2.33. The summed E-state index contributed by atoms with van der Waals surface area (Å²) in [5.74, 6) is 0.950. The largest absolute Gasteiger partial charge is 0.365 e. The van der Waals surface area contributed by atoms with Gasteiger partial charge in [-0.15, -0.1) is 0 Å². The fourth-order valence-corrected chi connectivity index (χ4v) is 2.03. The Balaban J connectivity index is 1.84. The van der Waals surface area contributed by atoms with Gasteiger partial charge in [0.15, 0.2) is 5.82 Å². The quantitative estimate of drug-likeness (QED) is 0.842. The molecule has 0 atom stereocenters. The highest BCUT2D eigenvalue weighted by atomic mass is 15.1. The lowest BCUT2D eigenvalue weighted by molar-refractivity contribution is 0.353. The van der Waals surface area contributed by atoms with Crippen molar-refractivity contribution in [3.8, 4) is 6.07 Å². The van der Waals surface area contributed by atoms with Gasteiger partial charge in [0, 0.05) is 12.2 Å². The molecule has 0 saturated heterocycles. The minimum atomic E-state index is 0.188. The Bertz CT molecular complexity index is 577. The Morgan fingerprint density at radius 1 is 1.29 bits per heavy atom. The second-order valence-electron chi connectivity index (χ2n) is 4.23. The lowest BCUT2D eigenvalue weighted by atomic mass is 9.81. The topological polar surface area (TPSA) is 74.5 Å². The third-order valence-corrected chi connectivity index (χ3v) is 3.06. The van der Waals surface area contributed by atoms with Crippen molar-refractivity contribution >= 4 is 16.9 Å². The van der Waals surface area contributed by atoms with Crippen LogP contribution in [-0.4, -0.2) is 21.0 Å². The number of aromatic nitrogens is 3. The van der Waals surface area contributed by atoms with Gasteiger partial charge in [-0.25, -0.2) is 9.97 Å². The van der Waals surface area contributed by atoms with E-state index in [9.17, 15) is 0 Å². The number of hydrogen-bond donors (Lipinski definition) is 1. The predicted octanol–water partition coefficient (Wildman–Crippen LogP) is 1.74.